The number of halogens is 1. The Bertz CT molecular complexity index is 894. The molecule has 0 unspecified atom stereocenters. The van der Waals surface area contributed by atoms with Gasteiger partial charge < -0.3 is 4.74 Å². The van der Waals surface area contributed by atoms with E-state index < -0.39 is 15.8 Å². The average Bonchev–Trinajstić information content (AvgIpc) is 2.64. The molecule has 0 atom stereocenters. The second-order valence-electron chi connectivity index (χ2n) is 6.82. The maximum absolute atomic E-state index is 13.4. The van der Waals surface area contributed by atoms with Gasteiger partial charge in [-0.2, -0.15) is 4.31 Å². The van der Waals surface area contributed by atoms with Crippen molar-refractivity contribution in [1.82, 2.24) is 9.21 Å². The average molecular weight is 392 g/mol. The Morgan fingerprint density at radius 1 is 1.04 bits per heavy atom. The number of piperazine rings is 1. The summed E-state index contributed by atoms with van der Waals surface area (Å²) in [6.07, 6.45) is 0. The molecule has 1 aliphatic rings. The van der Waals surface area contributed by atoms with Gasteiger partial charge in [0.25, 0.3) is 0 Å². The Hall–Kier alpha value is -1.96. The summed E-state index contributed by atoms with van der Waals surface area (Å²) >= 11 is 0. The minimum absolute atomic E-state index is 0.151. The molecule has 1 fully saturated rings. The predicted octanol–water partition coefficient (Wildman–Crippen LogP) is 2.83. The minimum Gasteiger partial charge on any atom is -0.492 e. The van der Waals surface area contributed by atoms with Crippen molar-refractivity contribution in [3.05, 3.63) is 59.4 Å². The molecular formula is C20H25FN2O3S. The van der Waals surface area contributed by atoms with Gasteiger partial charge >= 0.3 is 0 Å². The number of ether oxygens (including phenoxy) is 1. The zero-order valence-corrected chi connectivity index (χ0v) is 16.5. The first-order chi connectivity index (χ1) is 12.9. The third kappa shape index (κ3) is 4.86. The van der Waals surface area contributed by atoms with Crippen LogP contribution >= 0.6 is 0 Å². The fourth-order valence-corrected chi connectivity index (χ4v) is 4.63. The van der Waals surface area contributed by atoms with Crippen molar-refractivity contribution < 1.29 is 17.5 Å². The first kappa shape index (κ1) is 19.8. The Morgan fingerprint density at radius 2 is 1.78 bits per heavy atom. The zero-order chi connectivity index (χ0) is 19.4. The van der Waals surface area contributed by atoms with Crippen molar-refractivity contribution in [2.45, 2.75) is 18.7 Å². The van der Waals surface area contributed by atoms with Crippen LogP contribution in [0.3, 0.4) is 0 Å². The van der Waals surface area contributed by atoms with Gasteiger partial charge in [0, 0.05) is 32.7 Å². The van der Waals surface area contributed by atoms with Gasteiger partial charge in [0.2, 0.25) is 10.0 Å². The lowest BCUT2D eigenvalue weighted by molar-refractivity contribution is 0.159. The van der Waals surface area contributed by atoms with Crippen molar-refractivity contribution in [3.63, 3.8) is 0 Å². The molecule has 7 heteroatoms. The number of nitrogens with zero attached hydrogens (tertiary/aromatic N) is 2. The summed E-state index contributed by atoms with van der Waals surface area (Å²) in [6.45, 7) is 7.04. The van der Waals surface area contributed by atoms with Crippen LogP contribution in [0, 0.1) is 19.7 Å². The third-order valence-electron chi connectivity index (χ3n) is 4.76. The number of rotatable bonds is 6. The van der Waals surface area contributed by atoms with Crippen molar-refractivity contribution in [2.24, 2.45) is 0 Å². The van der Waals surface area contributed by atoms with Gasteiger partial charge in [0.15, 0.2) is 0 Å². The highest BCUT2D eigenvalue weighted by molar-refractivity contribution is 7.89. The molecule has 1 heterocycles. The first-order valence-electron chi connectivity index (χ1n) is 9.04. The highest BCUT2D eigenvalue weighted by atomic mass is 32.2. The smallest absolute Gasteiger partial charge is 0.243 e. The summed E-state index contributed by atoms with van der Waals surface area (Å²) in [6, 6.07) is 11.9. The van der Waals surface area contributed by atoms with Gasteiger partial charge in [0.05, 0.1) is 4.90 Å². The van der Waals surface area contributed by atoms with Crippen LogP contribution in [0.5, 0.6) is 5.75 Å². The molecule has 0 aliphatic carbocycles. The van der Waals surface area contributed by atoms with E-state index in [0.29, 0.717) is 38.3 Å². The molecule has 0 bridgehead atoms. The maximum Gasteiger partial charge on any atom is 0.243 e. The number of benzene rings is 2. The monoisotopic (exact) mass is 392 g/mol. The molecule has 146 valence electrons. The van der Waals surface area contributed by atoms with Gasteiger partial charge in [0.1, 0.15) is 18.2 Å². The quantitative estimate of drug-likeness (QED) is 0.759. The molecule has 1 saturated heterocycles. The van der Waals surface area contributed by atoms with Gasteiger partial charge in [-0.1, -0.05) is 12.1 Å². The van der Waals surface area contributed by atoms with E-state index in [9.17, 15) is 12.8 Å². The van der Waals surface area contributed by atoms with E-state index in [1.165, 1.54) is 22.5 Å². The topological polar surface area (TPSA) is 49.9 Å². The van der Waals surface area contributed by atoms with E-state index >= 15 is 0 Å². The molecule has 0 spiro atoms. The van der Waals surface area contributed by atoms with Crippen molar-refractivity contribution >= 4 is 10.0 Å². The van der Waals surface area contributed by atoms with Crippen molar-refractivity contribution in [2.75, 3.05) is 39.3 Å². The summed E-state index contributed by atoms with van der Waals surface area (Å²) in [5.41, 5.74) is 1.49. The van der Waals surface area contributed by atoms with Crippen LogP contribution in [0.15, 0.2) is 47.4 Å². The number of sulfonamides is 1. The molecule has 2 aromatic carbocycles. The molecule has 1 aliphatic heterocycles. The van der Waals surface area contributed by atoms with Crippen LogP contribution in [0.2, 0.25) is 0 Å². The molecule has 3 rings (SSSR count). The lowest BCUT2D eigenvalue weighted by Gasteiger charge is -2.33. The van der Waals surface area contributed by atoms with Crippen molar-refractivity contribution in [1.29, 1.82) is 0 Å². The number of hydrogen-bond acceptors (Lipinski definition) is 4. The lowest BCUT2D eigenvalue weighted by atomic mass is 10.2. The molecule has 0 aromatic heterocycles. The summed E-state index contributed by atoms with van der Waals surface area (Å²) in [7, 11) is -3.58. The SMILES string of the molecule is Cc1cccc(OCCN2CCN(S(=O)(=O)c3ccc(F)c(C)c3)CC2)c1. The number of hydrogen-bond donors (Lipinski definition) is 0. The molecule has 0 amide bonds. The molecule has 2 aromatic rings. The molecule has 0 N–H and O–H groups in total. The summed E-state index contributed by atoms with van der Waals surface area (Å²) in [4.78, 5) is 2.34. The van der Waals surface area contributed by atoms with Gasteiger partial charge in [-0.05, 0) is 55.3 Å². The minimum atomic E-state index is -3.58. The summed E-state index contributed by atoms with van der Waals surface area (Å²) in [5.74, 6) is 0.454. The Balaban J connectivity index is 1.51. The normalized spacial score (nSPS) is 16.4. The standard InChI is InChI=1S/C20H25FN2O3S/c1-16-4-3-5-18(14-16)26-13-12-22-8-10-23(11-9-22)27(24,25)19-6-7-20(21)17(2)15-19/h3-7,14-15H,8-13H2,1-2H3. The Kier molecular flexibility index (Phi) is 6.14. The molecule has 0 saturated carbocycles. The fraction of sp³-hybridized carbons (Fsp3) is 0.400. The van der Waals surface area contributed by atoms with E-state index in [1.54, 1.807) is 6.92 Å². The maximum atomic E-state index is 13.4. The van der Waals surface area contributed by atoms with Crippen LogP contribution in [-0.2, 0) is 10.0 Å². The first-order valence-corrected chi connectivity index (χ1v) is 10.5. The van der Waals surface area contributed by atoms with E-state index in [1.807, 2.05) is 31.2 Å². The summed E-state index contributed by atoms with van der Waals surface area (Å²) in [5, 5.41) is 0. The second-order valence-corrected chi connectivity index (χ2v) is 8.76. The van der Waals surface area contributed by atoms with Gasteiger partial charge in [-0.3, -0.25) is 4.90 Å². The highest BCUT2D eigenvalue weighted by Crippen LogP contribution is 2.20. The molecular weight excluding hydrogens is 367 g/mol. The van der Waals surface area contributed by atoms with E-state index in [2.05, 4.69) is 4.90 Å². The Labute approximate surface area is 160 Å². The largest absolute Gasteiger partial charge is 0.492 e. The Morgan fingerprint density at radius 3 is 2.44 bits per heavy atom. The molecule has 5 nitrogen and oxygen atoms in total. The van der Waals surface area contributed by atoms with Gasteiger partial charge in [-0.25, -0.2) is 12.8 Å². The second kappa shape index (κ2) is 8.37. The van der Waals surface area contributed by atoms with Crippen molar-refractivity contribution in [3.8, 4) is 5.75 Å². The molecule has 27 heavy (non-hydrogen) atoms. The van der Waals surface area contributed by atoms with Crippen LogP contribution in [0.4, 0.5) is 4.39 Å². The van der Waals surface area contributed by atoms with Crippen LogP contribution in [0.25, 0.3) is 0 Å². The van der Waals surface area contributed by atoms with E-state index in [-0.39, 0.29) is 4.90 Å². The third-order valence-corrected chi connectivity index (χ3v) is 6.66. The molecule has 0 radical (unpaired) electrons. The van der Waals surface area contributed by atoms with Crippen LogP contribution in [0.1, 0.15) is 11.1 Å². The van der Waals surface area contributed by atoms with E-state index in [4.69, 9.17) is 4.74 Å². The van der Waals surface area contributed by atoms with E-state index in [0.717, 1.165) is 17.9 Å². The summed E-state index contributed by atoms with van der Waals surface area (Å²) < 4.78 is 46.2. The lowest BCUT2D eigenvalue weighted by Crippen LogP contribution is -2.49. The predicted molar refractivity (Wildman–Crippen MR) is 103 cm³/mol. The zero-order valence-electron chi connectivity index (χ0n) is 15.7. The van der Waals surface area contributed by atoms with Crippen LogP contribution < -0.4 is 4.74 Å². The van der Waals surface area contributed by atoms with Crippen LogP contribution in [-0.4, -0.2) is 57.0 Å². The fourth-order valence-electron chi connectivity index (χ4n) is 3.12. The van der Waals surface area contributed by atoms with Gasteiger partial charge in [-0.15, -0.1) is 0 Å². The highest BCUT2D eigenvalue weighted by Gasteiger charge is 2.28. The number of aryl methyl sites for hydroxylation is 2.